The number of para-hydroxylation sites is 4. The molecule has 0 radical (unpaired) electrons. The number of urea groups is 1. The molecule has 9 nitrogen and oxygen atoms in total. The van der Waals surface area contributed by atoms with E-state index in [1.54, 1.807) is 25.3 Å². The van der Waals surface area contributed by atoms with E-state index in [0.29, 0.717) is 42.4 Å². The number of carbonyl (C=O) groups excluding carboxylic acids is 2. The lowest BCUT2D eigenvalue weighted by Crippen LogP contribution is -2.47. The Balaban J connectivity index is 1.36. The highest BCUT2D eigenvalue weighted by atomic mass is 16.5. The number of ether oxygens (including phenoxy) is 2. The Labute approximate surface area is 258 Å². The normalized spacial score (nSPS) is 13.5. The maximum Gasteiger partial charge on any atom is 0.323 e. The molecule has 1 aliphatic heterocycles. The van der Waals surface area contributed by atoms with Crippen LogP contribution < -0.4 is 35.2 Å². The molecule has 1 atom stereocenters. The highest BCUT2D eigenvalue weighted by Gasteiger charge is 2.24. The molecule has 44 heavy (non-hydrogen) atoms. The summed E-state index contributed by atoms with van der Waals surface area (Å²) in [7, 11) is 1.68. The highest BCUT2D eigenvalue weighted by molar-refractivity contribution is 6.04. The predicted octanol–water partition coefficient (Wildman–Crippen LogP) is 6.56. The average Bonchev–Trinajstić information content (AvgIpc) is 3.06. The van der Waals surface area contributed by atoms with Crippen LogP contribution in [0.15, 0.2) is 97.1 Å². The van der Waals surface area contributed by atoms with Gasteiger partial charge in [-0.1, -0.05) is 54.6 Å². The summed E-state index contributed by atoms with van der Waals surface area (Å²) in [5.74, 6) is 1.21. The van der Waals surface area contributed by atoms with Crippen LogP contribution in [-0.4, -0.2) is 51.8 Å². The van der Waals surface area contributed by atoms with Gasteiger partial charge >= 0.3 is 6.03 Å². The van der Waals surface area contributed by atoms with E-state index >= 15 is 0 Å². The number of methoxy groups -OCH3 is 1. The molecule has 1 heterocycles. The zero-order chi connectivity index (χ0) is 30.9. The van der Waals surface area contributed by atoms with Crippen molar-refractivity contribution in [3.8, 4) is 11.5 Å². The number of benzene rings is 4. The van der Waals surface area contributed by atoms with Gasteiger partial charge < -0.3 is 35.2 Å². The zero-order valence-electron chi connectivity index (χ0n) is 25.4. The van der Waals surface area contributed by atoms with E-state index in [1.807, 2.05) is 86.6 Å². The van der Waals surface area contributed by atoms with Gasteiger partial charge in [0.05, 0.1) is 36.7 Å². The molecule has 3 N–H and O–H groups in total. The molecule has 4 aromatic carbocycles. The van der Waals surface area contributed by atoms with E-state index in [4.69, 9.17) is 9.47 Å². The molecule has 9 heteroatoms. The Hall–Kier alpha value is -5.18. The van der Waals surface area contributed by atoms with Gasteiger partial charge in [0.2, 0.25) is 0 Å². The second-order valence-corrected chi connectivity index (χ2v) is 10.5. The third-order valence-electron chi connectivity index (χ3n) is 7.63. The smallest absolute Gasteiger partial charge is 0.323 e. The van der Waals surface area contributed by atoms with Crippen LogP contribution in [0.5, 0.6) is 11.5 Å². The number of hydrogen-bond acceptors (Lipinski definition) is 6. The summed E-state index contributed by atoms with van der Waals surface area (Å²) < 4.78 is 11.2. The highest BCUT2D eigenvalue weighted by Crippen LogP contribution is 2.31. The Morgan fingerprint density at radius 2 is 1.41 bits per heavy atom. The van der Waals surface area contributed by atoms with Crippen LogP contribution in [-0.2, 0) is 0 Å². The number of nitrogens with one attached hydrogen (secondary N) is 3. The Bertz CT molecular complexity index is 1570. The molecular weight excluding hydrogens is 554 g/mol. The van der Waals surface area contributed by atoms with Gasteiger partial charge in [0.15, 0.2) is 0 Å². The third kappa shape index (κ3) is 7.23. The SMILES string of the molecule is CCOc1ccccc1NC(=O)Nc1ccc(N2CCN(c3ccccc3OC)CC2)c(C(=O)NC(C)c2ccccc2)c1. The summed E-state index contributed by atoms with van der Waals surface area (Å²) >= 11 is 0. The van der Waals surface area contributed by atoms with Crippen molar-refractivity contribution in [3.63, 3.8) is 0 Å². The first-order valence-corrected chi connectivity index (χ1v) is 14.9. The monoisotopic (exact) mass is 593 g/mol. The molecule has 3 amide bonds. The number of carbonyl (C=O) groups is 2. The van der Waals surface area contributed by atoms with Crippen LogP contribution >= 0.6 is 0 Å². The Morgan fingerprint density at radius 1 is 0.773 bits per heavy atom. The summed E-state index contributed by atoms with van der Waals surface area (Å²) in [5.41, 5.74) is 4.44. The second-order valence-electron chi connectivity index (χ2n) is 10.5. The van der Waals surface area contributed by atoms with E-state index < -0.39 is 6.03 Å². The largest absolute Gasteiger partial charge is 0.495 e. The van der Waals surface area contributed by atoms with Gasteiger partial charge in [-0.3, -0.25) is 4.79 Å². The lowest BCUT2D eigenvalue weighted by atomic mass is 10.1. The molecule has 0 spiro atoms. The summed E-state index contributed by atoms with van der Waals surface area (Å²) in [6.45, 7) is 7.30. The second kappa shape index (κ2) is 14.3. The van der Waals surface area contributed by atoms with E-state index in [1.165, 1.54) is 0 Å². The molecule has 1 aliphatic rings. The molecule has 0 saturated carbocycles. The van der Waals surface area contributed by atoms with Crippen molar-refractivity contribution in [1.29, 1.82) is 0 Å². The molecule has 5 rings (SSSR count). The third-order valence-corrected chi connectivity index (χ3v) is 7.63. The maximum atomic E-state index is 13.8. The minimum atomic E-state index is -0.431. The quantitative estimate of drug-likeness (QED) is 0.193. The molecule has 1 fully saturated rings. The first-order chi connectivity index (χ1) is 21.5. The molecule has 0 bridgehead atoms. The van der Waals surface area contributed by atoms with Gasteiger partial charge in [-0.05, 0) is 61.9 Å². The van der Waals surface area contributed by atoms with Crippen LogP contribution in [0.3, 0.4) is 0 Å². The standard InChI is InChI=1S/C35H39N5O4/c1-4-44-32-16-10-8-14-29(32)38-35(42)37-27-18-19-30(28(24-27)34(41)36-25(2)26-12-6-5-7-13-26)39-20-22-40(23-21-39)31-15-9-11-17-33(31)43-3/h5-19,24-25H,4,20-23H2,1-3H3,(H,36,41)(H2,37,38,42). The minimum absolute atomic E-state index is 0.200. The topological polar surface area (TPSA) is 95.2 Å². The Morgan fingerprint density at radius 3 is 2.11 bits per heavy atom. The number of nitrogens with zero attached hydrogens (tertiary/aromatic N) is 2. The summed E-state index contributed by atoms with van der Waals surface area (Å²) in [4.78, 5) is 31.3. The van der Waals surface area contributed by atoms with Crippen LogP contribution in [0.4, 0.5) is 27.5 Å². The molecule has 1 saturated heterocycles. The van der Waals surface area contributed by atoms with E-state index in [-0.39, 0.29) is 11.9 Å². The summed E-state index contributed by atoms with van der Waals surface area (Å²) in [6.07, 6.45) is 0. The van der Waals surface area contributed by atoms with Crippen molar-refractivity contribution in [3.05, 3.63) is 108 Å². The van der Waals surface area contributed by atoms with E-state index in [9.17, 15) is 9.59 Å². The number of hydrogen-bond donors (Lipinski definition) is 3. The number of piperazine rings is 1. The fraction of sp³-hybridized carbons (Fsp3) is 0.257. The van der Waals surface area contributed by atoms with Crippen molar-refractivity contribution in [1.82, 2.24) is 5.32 Å². The van der Waals surface area contributed by atoms with Gasteiger partial charge in [-0.2, -0.15) is 0 Å². The molecule has 0 aliphatic carbocycles. The molecular formula is C35H39N5O4. The first-order valence-electron chi connectivity index (χ1n) is 14.9. The first kappa shape index (κ1) is 30.3. The van der Waals surface area contributed by atoms with Crippen LogP contribution in [0, 0.1) is 0 Å². The molecule has 1 unspecified atom stereocenters. The average molecular weight is 594 g/mol. The van der Waals surface area contributed by atoms with Crippen molar-refractivity contribution in [2.75, 3.05) is 60.3 Å². The van der Waals surface area contributed by atoms with Gasteiger partial charge in [0.1, 0.15) is 11.5 Å². The summed E-state index contributed by atoms with van der Waals surface area (Å²) in [6, 6.07) is 30.0. The number of rotatable bonds is 10. The van der Waals surface area contributed by atoms with Crippen LogP contribution in [0.2, 0.25) is 0 Å². The van der Waals surface area contributed by atoms with Gasteiger partial charge in [-0.15, -0.1) is 0 Å². The molecule has 4 aromatic rings. The maximum absolute atomic E-state index is 13.8. The van der Waals surface area contributed by atoms with Crippen molar-refractivity contribution in [2.45, 2.75) is 19.9 Å². The van der Waals surface area contributed by atoms with Crippen molar-refractivity contribution in [2.24, 2.45) is 0 Å². The van der Waals surface area contributed by atoms with Gasteiger partial charge in [0.25, 0.3) is 5.91 Å². The van der Waals surface area contributed by atoms with E-state index in [2.05, 4.69) is 31.8 Å². The fourth-order valence-corrected chi connectivity index (χ4v) is 5.39. The van der Waals surface area contributed by atoms with Crippen molar-refractivity contribution < 1.29 is 19.1 Å². The number of amides is 3. The van der Waals surface area contributed by atoms with Crippen LogP contribution in [0.1, 0.15) is 35.8 Å². The lowest BCUT2D eigenvalue weighted by Gasteiger charge is -2.38. The zero-order valence-corrected chi connectivity index (χ0v) is 25.4. The van der Waals surface area contributed by atoms with Crippen molar-refractivity contribution >= 4 is 34.7 Å². The van der Waals surface area contributed by atoms with Gasteiger partial charge in [-0.25, -0.2) is 4.79 Å². The van der Waals surface area contributed by atoms with E-state index in [0.717, 1.165) is 35.8 Å². The molecule has 228 valence electrons. The lowest BCUT2D eigenvalue weighted by molar-refractivity contribution is 0.0940. The molecule has 0 aromatic heterocycles. The summed E-state index contributed by atoms with van der Waals surface area (Å²) in [5, 5.41) is 8.88. The van der Waals surface area contributed by atoms with Gasteiger partial charge in [0, 0.05) is 37.6 Å². The number of anilines is 4. The fourth-order valence-electron chi connectivity index (χ4n) is 5.39. The predicted molar refractivity (Wildman–Crippen MR) is 176 cm³/mol. The van der Waals surface area contributed by atoms with Crippen LogP contribution in [0.25, 0.3) is 0 Å². The minimum Gasteiger partial charge on any atom is -0.495 e. The Kier molecular flexibility index (Phi) is 9.86.